The number of hydrogen-bond acceptors (Lipinski definition) is 7. The summed E-state index contributed by atoms with van der Waals surface area (Å²) >= 11 is 0. The van der Waals surface area contributed by atoms with Crippen molar-refractivity contribution in [2.24, 2.45) is 0 Å². The highest BCUT2D eigenvalue weighted by atomic mass is 16.3. The van der Waals surface area contributed by atoms with Crippen molar-refractivity contribution in [2.45, 2.75) is 32.2 Å². The van der Waals surface area contributed by atoms with Gasteiger partial charge in [-0.1, -0.05) is 0 Å². The maximum absolute atomic E-state index is 8.17. The number of aliphatic hydroxyl groups excluding tert-OH is 7. The molecule has 0 aliphatic heterocycles. The van der Waals surface area contributed by atoms with Crippen LogP contribution in [0.4, 0.5) is 0 Å². The average molecular weight is 244 g/mol. The smallest absolute Gasteiger partial charge is 0.100 e. The van der Waals surface area contributed by atoms with Gasteiger partial charge in [-0.15, -0.1) is 0 Å². The molecule has 0 amide bonds. The van der Waals surface area contributed by atoms with Crippen LogP contribution in [-0.4, -0.2) is 80.5 Å². The molecule has 2 atom stereocenters. The molecule has 0 aromatic carbocycles. The molecule has 0 spiro atoms. The van der Waals surface area contributed by atoms with Crippen molar-refractivity contribution in [1.82, 2.24) is 0 Å². The molecule has 0 heterocycles. The molecule has 16 heavy (non-hydrogen) atoms. The van der Waals surface area contributed by atoms with Crippen LogP contribution >= 0.6 is 0 Å². The van der Waals surface area contributed by atoms with Crippen LogP contribution in [0.3, 0.4) is 0 Å². The molecule has 0 fully saturated rings. The van der Waals surface area contributed by atoms with Gasteiger partial charge in [-0.05, 0) is 13.8 Å². The minimum atomic E-state index is -0.954. The van der Waals surface area contributed by atoms with Gasteiger partial charge in [0.25, 0.3) is 0 Å². The molecule has 0 saturated carbocycles. The summed E-state index contributed by atoms with van der Waals surface area (Å²) in [7, 11) is 0. The van der Waals surface area contributed by atoms with E-state index < -0.39 is 18.3 Å². The first-order valence-corrected chi connectivity index (χ1v) is 4.83. The second-order valence-corrected chi connectivity index (χ2v) is 3.08. The van der Waals surface area contributed by atoms with Crippen LogP contribution in [0.1, 0.15) is 13.8 Å². The fraction of sp³-hybridized carbons (Fsp3) is 1.00. The number of rotatable bonds is 4. The Hall–Kier alpha value is -0.280. The van der Waals surface area contributed by atoms with E-state index in [-0.39, 0.29) is 26.4 Å². The van der Waals surface area contributed by atoms with Crippen LogP contribution in [0.25, 0.3) is 0 Å². The molecule has 0 radical (unpaired) electrons. The third kappa shape index (κ3) is 37.2. The van der Waals surface area contributed by atoms with Gasteiger partial charge in [0.05, 0.1) is 38.6 Å². The average Bonchev–Trinajstić information content (AvgIpc) is 2.29. The fourth-order valence-electron chi connectivity index (χ4n) is 0.0577. The van der Waals surface area contributed by atoms with E-state index in [1.54, 1.807) is 0 Å². The second-order valence-electron chi connectivity index (χ2n) is 3.08. The van der Waals surface area contributed by atoms with Gasteiger partial charge in [-0.25, -0.2) is 0 Å². The molecule has 2 unspecified atom stereocenters. The molecule has 7 nitrogen and oxygen atoms in total. The van der Waals surface area contributed by atoms with Crippen molar-refractivity contribution in [3.05, 3.63) is 0 Å². The summed E-state index contributed by atoms with van der Waals surface area (Å²) in [6.07, 6.45) is -2.07. The normalized spacial score (nSPS) is 13.1. The Morgan fingerprint density at radius 1 is 0.625 bits per heavy atom. The van der Waals surface area contributed by atoms with Crippen molar-refractivity contribution in [1.29, 1.82) is 0 Å². The molecule has 7 N–H and O–H groups in total. The van der Waals surface area contributed by atoms with Gasteiger partial charge in [0.15, 0.2) is 0 Å². The molecule has 0 aliphatic carbocycles. The van der Waals surface area contributed by atoms with Gasteiger partial charge in [0.1, 0.15) is 6.10 Å². The Bertz CT molecular complexity index is 96.0. The fourth-order valence-corrected chi connectivity index (χ4v) is 0.0577. The highest BCUT2D eigenvalue weighted by Crippen LogP contribution is 1.71. The summed E-state index contributed by atoms with van der Waals surface area (Å²) in [5, 5.41) is 56.0. The lowest BCUT2D eigenvalue weighted by Gasteiger charge is -1.96. The van der Waals surface area contributed by atoms with Crippen LogP contribution in [0.2, 0.25) is 0 Å². The zero-order valence-corrected chi connectivity index (χ0v) is 9.69. The van der Waals surface area contributed by atoms with E-state index in [9.17, 15) is 0 Å². The predicted molar refractivity (Wildman–Crippen MR) is 57.7 cm³/mol. The molecule has 0 rings (SSSR count). The summed E-state index contributed by atoms with van der Waals surface area (Å²) in [4.78, 5) is 0. The maximum atomic E-state index is 8.17. The van der Waals surface area contributed by atoms with E-state index in [0.29, 0.717) is 0 Å². The molecular formula is C9H24O7. The Kier molecular flexibility index (Phi) is 22.5. The largest absolute Gasteiger partial charge is 0.394 e. The molecule has 102 valence electrons. The van der Waals surface area contributed by atoms with Gasteiger partial charge in [-0.2, -0.15) is 0 Å². The van der Waals surface area contributed by atoms with Crippen LogP contribution in [-0.2, 0) is 0 Å². The van der Waals surface area contributed by atoms with Gasteiger partial charge >= 0.3 is 0 Å². The second kappa shape index (κ2) is 17.1. The maximum Gasteiger partial charge on any atom is 0.100 e. The summed E-state index contributed by atoms with van der Waals surface area (Å²) < 4.78 is 0. The van der Waals surface area contributed by atoms with E-state index in [1.165, 1.54) is 13.8 Å². The topological polar surface area (TPSA) is 142 Å². The predicted octanol–water partition coefficient (Wildman–Crippen LogP) is -2.95. The third-order valence-corrected chi connectivity index (χ3v) is 0.950. The molecule has 0 saturated heterocycles. The van der Waals surface area contributed by atoms with Crippen molar-refractivity contribution in [3.8, 4) is 0 Å². The lowest BCUT2D eigenvalue weighted by Crippen LogP contribution is -2.15. The molecule has 0 bridgehead atoms. The van der Waals surface area contributed by atoms with Gasteiger partial charge in [0.2, 0.25) is 0 Å². The lowest BCUT2D eigenvalue weighted by molar-refractivity contribution is 0.0450. The first-order chi connectivity index (χ1) is 7.35. The highest BCUT2D eigenvalue weighted by molar-refractivity contribution is 4.44. The third-order valence-electron chi connectivity index (χ3n) is 0.950. The zero-order valence-electron chi connectivity index (χ0n) is 9.69. The van der Waals surface area contributed by atoms with Crippen LogP contribution < -0.4 is 0 Å². The SMILES string of the molecule is CC(O)CO.CC(O)CO.OCC(O)CO. The van der Waals surface area contributed by atoms with Crippen molar-refractivity contribution in [2.75, 3.05) is 26.4 Å². The van der Waals surface area contributed by atoms with E-state index in [2.05, 4.69) is 0 Å². The number of hydrogen-bond donors (Lipinski definition) is 7. The quantitative estimate of drug-likeness (QED) is 0.280. The summed E-state index contributed by atoms with van der Waals surface area (Å²) in [6, 6.07) is 0. The Balaban J connectivity index is -0.000000160. The van der Waals surface area contributed by atoms with E-state index in [4.69, 9.17) is 35.7 Å². The Labute approximate surface area is 95.2 Å². The zero-order chi connectivity index (χ0) is 13.6. The monoisotopic (exact) mass is 244 g/mol. The van der Waals surface area contributed by atoms with E-state index in [1.807, 2.05) is 0 Å². The van der Waals surface area contributed by atoms with Crippen LogP contribution in [0.5, 0.6) is 0 Å². The minimum Gasteiger partial charge on any atom is -0.394 e. The van der Waals surface area contributed by atoms with Gasteiger partial charge < -0.3 is 35.7 Å². The van der Waals surface area contributed by atoms with Gasteiger partial charge in [-0.3, -0.25) is 0 Å². The standard InChI is InChI=1S/C3H8O3.2C3H8O2/c4-1-3(6)2-5;2*1-3(5)2-4/h3-6H,1-2H2;2*3-5H,2H2,1H3. The first kappa shape index (κ1) is 21.1. The summed E-state index contributed by atoms with van der Waals surface area (Å²) in [5.74, 6) is 0. The van der Waals surface area contributed by atoms with Crippen LogP contribution in [0, 0.1) is 0 Å². The minimum absolute atomic E-state index is 0.139. The summed E-state index contributed by atoms with van der Waals surface area (Å²) in [5.41, 5.74) is 0. The molecule has 7 heteroatoms. The highest BCUT2D eigenvalue weighted by Gasteiger charge is 1.93. The van der Waals surface area contributed by atoms with Crippen molar-refractivity contribution < 1.29 is 35.7 Å². The lowest BCUT2D eigenvalue weighted by atomic mass is 10.4. The summed E-state index contributed by atoms with van der Waals surface area (Å²) in [6.45, 7) is 2.05. The Morgan fingerprint density at radius 2 is 0.812 bits per heavy atom. The Morgan fingerprint density at radius 3 is 0.812 bits per heavy atom. The van der Waals surface area contributed by atoms with Crippen molar-refractivity contribution in [3.63, 3.8) is 0 Å². The molecule has 0 aromatic heterocycles. The van der Waals surface area contributed by atoms with Crippen LogP contribution in [0.15, 0.2) is 0 Å². The van der Waals surface area contributed by atoms with E-state index >= 15 is 0 Å². The molecule has 0 aromatic rings. The molecular weight excluding hydrogens is 220 g/mol. The van der Waals surface area contributed by atoms with Gasteiger partial charge in [0, 0.05) is 0 Å². The van der Waals surface area contributed by atoms with E-state index in [0.717, 1.165) is 0 Å². The molecule has 0 aliphatic rings. The van der Waals surface area contributed by atoms with Crippen molar-refractivity contribution >= 4 is 0 Å². The number of aliphatic hydroxyl groups is 7. The first-order valence-electron chi connectivity index (χ1n) is 4.83.